The normalized spacial score (nSPS) is 12.1. The summed E-state index contributed by atoms with van der Waals surface area (Å²) < 4.78 is 39.7. The molecule has 0 aromatic heterocycles. The van der Waals surface area contributed by atoms with E-state index in [-0.39, 0.29) is 23.7 Å². The Kier molecular flexibility index (Phi) is 5.60. The SMILES string of the molecule is CC(C)(C)NC(=O)CNCc1ccc(OC(F)(F)F)cc1. The maximum absolute atomic E-state index is 12.0. The maximum atomic E-state index is 12.0. The minimum Gasteiger partial charge on any atom is -0.406 e. The first kappa shape index (κ1) is 17.3. The number of halogens is 3. The van der Waals surface area contributed by atoms with Crippen molar-refractivity contribution in [3.63, 3.8) is 0 Å². The maximum Gasteiger partial charge on any atom is 0.573 e. The second-order valence-electron chi connectivity index (χ2n) is 5.59. The van der Waals surface area contributed by atoms with Gasteiger partial charge in [-0.25, -0.2) is 0 Å². The Bertz CT molecular complexity index is 465. The van der Waals surface area contributed by atoms with Crippen molar-refractivity contribution in [2.75, 3.05) is 6.54 Å². The molecule has 1 amide bonds. The number of ether oxygens (including phenoxy) is 1. The highest BCUT2D eigenvalue weighted by molar-refractivity contribution is 5.78. The van der Waals surface area contributed by atoms with Crippen LogP contribution in [0.15, 0.2) is 24.3 Å². The highest BCUT2D eigenvalue weighted by Gasteiger charge is 2.30. The lowest BCUT2D eigenvalue weighted by Gasteiger charge is -2.20. The van der Waals surface area contributed by atoms with Gasteiger partial charge in [-0.15, -0.1) is 13.2 Å². The van der Waals surface area contributed by atoms with E-state index in [0.29, 0.717) is 6.54 Å². The summed E-state index contributed by atoms with van der Waals surface area (Å²) in [5, 5.41) is 5.71. The predicted octanol–water partition coefficient (Wildman–Crippen LogP) is 2.59. The van der Waals surface area contributed by atoms with Crippen LogP contribution in [0.1, 0.15) is 26.3 Å². The van der Waals surface area contributed by atoms with E-state index in [9.17, 15) is 18.0 Å². The number of carbonyl (C=O) groups is 1. The van der Waals surface area contributed by atoms with Crippen LogP contribution in [0.25, 0.3) is 0 Å². The van der Waals surface area contributed by atoms with Crippen LogP contribution in [-0.4, -0.2) is 24.4 Å². The molecule has 0 bridgehead atoms. The van der Waals surface area contributed by atoms with Crippen LogP contribution in [0.4, 0.5) is 13.2 Å². The van der Waals surface area contributed by atoms with Crippen molar-refractivity contribution in [2.45, 2.75) is 39.2 Å². The van der Waals surface area contributed by atoms with E-state index in [4.69, 9.17) is 0 Å². The molecule has 0 atom stereocenters. The molecule has 2 N–H and O–H groups in total. The zero-order chi connectivity index (χ0) is 16.1. The van der Waals surface area contributed by atoms with Gasteiger partial charge < -0.3 is 15.4 Å². The van der Waals surface area contributed by atoms with Crippen LogP contribution in [0, 0.1) is 0 Å². The van der Waals surface area contributed by atoms with Gasteiger partial charge in [-0.3, -0.25) is 4.79 Å². The van der Waals surface area contributed by atoms with Gasteiger partial charge >= 0.3 is 6.36 Å². The molecule has 1 aromatic carbocycles. The zero-order valence-electron chi connectivity index (χ0n) is 12.2. The van der Waals surface area contributed by atoms with Crippen molar-refractivity contribution < 1.29 is 22.7 Å². The van der Waals surface area contributed by atoms with E-state index in [2.05, 4.69) is 15.4 Å². The Hall–Kier alpha value is -1.76. The van der Waals surface area contributed by atoms with Gasteiger partial charge in [-0.2, -0.15) is 0 Å². The molecule has 0 radical (unpaired) electrons. The smallest absolute Gasteiger partial charge is 0.406 e. The Morgan fingerprint density at radius 3 is 2.19 bits per heavy atom. The van der Waals surface area contributed by atoms with E-state index in [1.165, 1.54) is 24.3 Å². The number of amides is 1. The molecule has 1 rings (SSSR count). The van der Waals surface area contributed by atoms with E-state index in [0.717, 1.165) is 5.56 Å². The van der Waals surface area contributed by atoms with Gasteiger partial charge in [0.05, 0.1) is 6.54 Å². The standard InChI is InChI=1S/C14H19F3N2O2/c1-13(2,3)19-12(20)9-18-8-10-4-6-11(7-5-10)21-14(15,16)17/h4-7,18H,8-9H2,1-3H3,(H,19,20). The van der Waals surface area contributed by atoms with Crippen molar-refractivity contribution in [3.05, 3.63) is 29.8 Å². The van der Waals surface area contributed by atoms with Gasteiger partial charge in [0.25, 0.3) is 0 Å². The fourth-order valence-electron chi connectivity index (χ4n) is 1.59. The molecule has 21 heavy (non-hydrogen) atoms. The molecule has 0 unspecified atom stereocenters. The summed E-state index contributed by atoms with van der Waals surface area (Å²) in [4.78, 5) is 11.5. The number of carbonyl (C=O) groups excluding carboxylic acids is 1. The minimum atomic E-state index is -4.69. The number of hydrogen-bond donors (Lipinski definition) is 2. The van der Waals surface area contributed by atoms with Crippen LogP contribution in [0.5, 0.6) is 5.75 Å². The summed E-state index contributed by atoms with van der Waals surface area (Å²) >= 11 is 0. The zero-order valence-corrected chi connectivity index (χ0v) is 12.2. The quantitative estimate of drug-likeness (QED) is 0.879. The molecule has 0 fully saturated rings. The Morgan fingerprint density at radius 1 is 1.14 bits per heavy atom. The summed E-state index contributed by atoms with van der Waals surface area (Å²) in [5.74, 6) is -0.406. The number of nitrogens with one attached hydrogen (secondary N) is 2. The highest BCUT2D eigenvalue weighted by atomic mass is 19.4. The minimum absolute atomic E-state index is 0.137. The van der Waals surface area contributed by atoms with Gasteiger partial charge in [-0.1, -0.05) is 12.1 Å². The summed E-state index contributed by atoms with van der Waals surface area (Å²) in [7, 11) is 0. The lowest BCUT2D eigenvalue weighted by molar-refractivity contribution is -0.274. The number of hydrogen-bond acceptors (Lipinski definition) is 3. The molecule has 0 saturated carbocycles. The molecule has 0 aliphatic carbocycles. The molecule has 118 valence electrons. The average Bonchev–Trinajstić information content (AvgIpc) is 2.27. The van der Waals surface area contributed by atoms with E-state index in [1.807, 2.05) is 20.8 Å². The lowest BCUT2D eigenvalue weighted by atomic mass is 10.1. The van der Waals surface area contributed by atoms with Gasteiger partial charge in [0.1, 0.15) is 5.75 Å². The first-order valence-electron chi connectivity index (χ1n) is 6.41. The van der Waals surface area contributed by atoms with E-state index < -0.39 is 6.36 Å². The fraction of sp³-hybridized carbons (Fsp3) is 0.500. The van der Waals surface area contributed by atoms with Crippen molar-refractivity contribution in [1.82, 2.24) is 10.6 Å². The first-order valence-corrected chi connectivity index (χ1v) is 6.41. The van der Waals surface area contributed by atoms with Crippen LogP contribution in [0.3, 0.4) is 0 Å². The van der Waals surface area contributed by atoms with Crippen LogP contribution < -0.4 is 15.4 Å². The molecular formula is C14H19F3N2O2. The number of rotatable bonds is 5. The van der Waals surface area contributed by atoms with Crippen molar-refractivity contribution in [1.29, 1.82) is 0 Å². The molecule has 1 aromatic rings. The summed E-state index contributed by atoms with van der Waals surface area (Å²) in [5.41, 5.74) is 0.461. The lowest BCUT2D eigenvalue weighted by Crippen LogP contribution is -2.44. The largest absolute Gasteiger partial charge is 0.573 e. The third-order valence-electron chi connectivity index (χ3n) is 2.29. The number of benzene rings is 1. The van der Waals surface area contributed by atoms with Gasteiger partial charge in [0.15, 0.2) is 0 Å². The molecular weight excluding hydrogens is 285 g/mol. The second kappa shape index (κ2) is 6.80. The summed E-state index contributed by atoms with van der Waals surface area (Å²) in [6.07, 6.45) is -4.69. The van der Waals surface area contributed by atoms with Gasteiger partial charge in [0.2, 0.25) is 5.91 Å². The second-order valence-corrected chi connectivity index (χ2v) is 5.59. The number of alkyl halides is 3. The third-order valence-corrected chi connectivity index (χ3v) is 2.29. The third kappa shape index (κ3) is 8.19. The van der Waals surface area contributed by atoms with Crippen molar-refractivity contribution in [2.24, 2.45) is 0 Å². The van der Waals surface area contributed by atoms with Gasteiger partial charge in [0, 0.05) is 12.1 Å². The Balaban J connectivity index is 2.38. The van der Waals surface area contributed by atoms with Crippen LogP contribution in [0.2, 0.25) is 0 Å². The Morgan fingerprint density at radius 2 is 1.71 bits per heavy atom. The van der Waals surface area contributed by atoms with Gasteiger partial charge in [-0.05, 0) is 38.5 Å². The van der Waals surface area contributed by atoms with E-state index in [1.54, 1.807) is 0 Å². The highest BCUT2D eigenvalue weighted by Crippen LogP contribution is 2.22. The molecule has 0 aliphatic rings. The molecule has 7 heteroatoms. The van der Waals surface area contributed by atoms with Crippen molar-refractivity contribution in [3.8, 4) is 5.75 Å². The topological polar surface area (TPSA) is 50.4 Å². The fourth-order valence-corrected chi connectivity index (χ4v) is 1.59. The molecule has 0 heterocycles. The predicted molar refractivity (Wildman–Crippen MR) is 72.7 cm³/mol. The monoisotopic (exact) mass is 304 g/mol. The summed E-state index contributed by atoms with van der Waals surface area (Å²) in [6, 6.07) is 5.49. The summed E-state index contributed by atoms with van der Waals surface area (Å²) in [6.45, 7) is 6.15. The molecule has 0 aliphatic heterocycles. The molecule has 0 spiro atoms. The Labute approximate surface area is 121 Å². The molecule has 0 saturated heterocycles. The average molecular weight is 304 g/mol. The first-order chi connectivity index (χ1) is 9.55. The van der Waals surface area contributed by atoms with Crippen LogP contribution >= 0.6 is 0 Å². The van der Waals surface area contributed by atoms with Crippen molar-refractivity contribution >= 4 is 5.91 Å². The van der Waals surface area contributed by atoms with E-state index >= 15 is 0 Å². The van der Waals surface area contributed by atoms with Crippen LogP contribution in [-0.2, 0) is 11.3 Å². The molecule has 4 nitrogen and oxygen atoms in total.